The van der Waals surface area contributed by atoms with Gasteiger partial charge < -0.3 is 5.11 Å². The van der Waals surface area contributed by atoms with Crippen LogP contribution in [0.5, 0.6) is 0 Å². The van der Waals surface area contributed by atoms with Gasteiger partial charge in [0.05, 0.1) is 11.8 Å². The maximum Gasteiger partial charge on any atom is 0.0718 e. The highest BCUT2D eigenvalue weighted by molar-refractivity contribution is 5.04. The number of nitrogens with zero attached hydrogens (tertiary/aromatic N) is 4. The number of aromatic nitrogens is 2. The molecule has 0 spiro atoms. The van der Waals surface area contributed by atoms with Crippen LogP contribution in [0, 0.1) is 0 Å². The van der Waals surface area contributed by atoms with Crippen molar-refractivity contribution < 1.29 is 5.11 Å². The smallest absolute Gasteiger partial charge is 0.0718 e. The third kappa shape index (κ3) is 4.30. The van der Waals surface area contributed by atoms with E-state index in [0.29, 0.717) is 6.04 Å². The molecule has 1 aromatic heterocycles. The van der Waals surface area contributed by atoms with Crippen molar-refractivity contribution in [3.05, 3.63) is 18.0 Å². The minimum absolute atomic E-state index is 0.483. The predicted molar refractivity (Wildman–Crippen MR) is 80.5 cm³/mol. The summed E-state index contributed by atoms with van der Waals surface area (Å²) in [6.45, 7) is 13.9. The zero-order chi connectivity index (χ0) is 14.8. The van der Waals surface area contributed by atoms with Crippen LogP contribution in [0.2, 0.25) is 0 Å². The summed E-state index contributed by atoms with van der Waals surface area (Å²) in [5.41, 5.74) is 0.675. The molecule has 0 aromatic carbocycles. The van der Waals surface area contributed by atoms with E-state index in [2.05, 4.69) is 34.9 Å². The van der Waals surface area contributed by atoms with E-state index in [0.717, 1.165) is 39.3 Å². The largest absolute Gasteiger partial charge is 0.389 e. The fourth-order valence-electron chi connectivity index (χ4n) is 2.87. The first-order valence-electron chi connectivity index (χ1n) is 7.57. The van der Waals surface area contributed by atoms with Crippen LogP contribution in [0.25, 0.3) is 0 Å². The number of rotatable bonds is 5. The van der Waals surface area contributed by atoms with E-state index in [1.807, 2.05) is 24.7 Å². The van der Waals surface area contributed by atoms with Crippen molar-refractivity contribution in [3.63, 3.8) is 0 Å². The van der Waals surface area contributed by atoms with Gasteiger partial charge in [-0.1, -0.05) is 0 Å². The summed E-state index contributed by atoms with van der Waals surface area (Å²) in [5, 5.41) is 14.3. The van der Waals surface area contributed by atoms with E-state index in [-0.39, 0.29) is 0 Å². The Balaban J connectivity index is 1.85. The van der Waals surface area contributed by atoms with E-state index < -0.39 is 5.60 Å². The molecule has 1 aliphatic rings. The number of aryl methyl sites for hydroxylation is 1. The molecule has 0 saturated carbocycles. The summed E-state index contributed by atoms with van der Waals surface area (Å²) in [5.74, 6) is 0. The van der Waals surface area contributed by atoms with Gasteiger partial charge in [-0.2, -0.15) is 5.10 Å². The lowest BCUT2D eigenvalue weighted by atomic mass is 10.1. The topological polar surface area (TPSA) is 44.5 Å². The average molecular weight is 280 g/mol. The number of piperazine rings is 1. The fraction of sp³-hybridized carbons (Fsp3) is 0.800. The van der Waals surface area contributed by atoms with Gasteiger partial charge in [-0.25, -0.2) is 0 Å². The van der Waals surface area contributed by atoms with Crippen LogP contribution in [0.3, 0.4) is 0 Å². The molecule has 0 radical (unpaired) electrons. The molecule has 1 atom stereocenters. The Kier molecular flexibility index (Phi) is 4.83. The van der Waals surface area contributed by atoms with Gasteiger partial charge in [0.25, 0.3) is 0 Å². The van der Waals surface area contributed by atoms with E-state index in [4.69, 9.17) is 0 Å². The summed E-state index contributed by atoms with van der Waals surface area (Å²) >= 11 is 0. The molecule has 2 rings (SSSR count). The van der Waals surface area contributed by atoms with Gasteiger partial charge in [0.2, 0.25) is 0 Å². The lowest BCUT2D eigenvalue weighted by molar-refractivity contribution is -0.00506. The molecule has 1 N–H and O–H groups in total. The molecule has 20 heavy (non-hydrogen) atoms. The minimum atomic E-state index is -0.612. The molecule has 0 bridgehead atoms. The molecule has 0 unspecified atom stereocenters. The van der Waals surface area contributed by atoms with Crippen molar-refractivity contribution in [2.24, 2.45) is 0 Å². The third-order valence-corrected chi connectivity index (χ3v) is 3.86. The molecule has 0 amide bonds. The van der Waals surface area contributed by atoms with Crippen molar-refractivity contribution in [3.8, 4) is 0 Å². The summed E-state index contributed by atoms with van der Waals surface area (Å²) < 4.78 is 1.98. The molecule has 1 aliphatic heterocycles. The first-order chi connectivity index (χ1) is 9.37. The Bertz CT molecular complexity index is 424. The van der Waals surface area contributed by atoms with Gasteiger partial charge in [-0.15, -0.1) is 0 Å². The molecular weight excluding hydrogens is 252 g/mol. The maximum atomic E-state index is 9.95. The van der Waals surface area contributed by atoms with Gasteiger partial charge in [-0.05, 0) is 27.7 Å². The van der Waals surface area contributed by atoms with Crippen molar-refractivity contribution in [2.45, 2.75) is 52.4 Å². The monoisotopic (exact) mass is 280 g/mol. The van der Waals surface area contributed by atoms with Crippen LogP contribution in [0.1, 0.15) is 33.3 Å². The SMILES string of the molecule is CCn1cc(CN2CCN(CC(C)(C)O)[C@@H](C)C2)cn1. The van der Waals surface area contributed by atoms with E-state index >= 15 is 0 Å². The van der Waals surface area contributed by atoms with Crippen LogP contribution in [0.15, 0.2) is 12.4 Å². The van der Waals surface area contributed by atoms with Crippen molar-refractivity contribution in [2.75, 3.05) is 26.2 Å². The standard InChI is InChI=1S/C15H28N4O/c1-5-19-11-14(8-16-19)10-17-6-7-18(13(2)9-17)12-15(3,4)20/h8,11,13,20H,5-7,9-10,12H2,1-4H3/t13-/m0/s1. The van der Waals surface area contributed by atoms with E-state index in [1.54, 1.807) is 0 Å². The predicted octanol–water partition coefficient (Wildman–Crippen LogP) is 1.18. The second-order valence-electron chi connectivity index (χ2n) is 6.57. The van der Waals surface area contributed by atoms with Gasteiger partial charge in [-0.3, -0.25) is 14.5 Å². The van der Waals surface area contributed by atoms with Crippen molar-refractivity contribution in [1.82, 2.24) is 19.6 Å². The summed E-state index contributed by atoms with van der Waals surface area (Å²) in [4.78, 5) is 4.86. The Morgan fingerprint density at radius 1 is 1.40 bits per heavy atom. The molecular formula is C15H28N4O. The van der Waals surface area contributed by atoms with Crippen LogP contribution in [-0.4, -0.2) is 62.5 Å². The highest BCUT2D eigenvalue weighted by atomic mass is 16.3. The number of hydrogen-bond acceptors (Lipinski definition) is 4. The zero-order valence-corrected chi connectivity index (χ0v) is 13.2. The lowest BCUT2D eigenvalue weighted by Crippen LogP contribution is -2.54. The van der Waals surface area contributed by atoms with Crippen molar-refractivity contribution in [1.29, 1.82) is 0 Å². The average Bonchev–Trinajstić information content (AvgIpc) is 2.79. The minimum Gasteiger partial charge on any atom is -0.389 e. The van der Waals surface area contributed by atoms with Crippen LogP contribution in [-0.2, 0) is 13.1 Å². The number of hydrogen-bond donors (Lipinski definition) is 1. The molecule has 1 saturated heterocycles. The summed E-state index contributed by atoms with van der Waals surface area (Å²) in [6.07, 6.45) is 4.10. The summed E-state index contributed by atoms with van der Waals surface area (Å²) in [7, 11) is 0. The van der Waals surface area contributed by atoms with Gasteiger partial charge >= 0.3 is 0 Å². The second kappa shape index (κ2) is 6.24. The second-order valence-corrected chi connectivity index (χ2v) is 6.57. The van der Waals surface area contributed by atoms with Crippen molar-refractivity contribution >= 4 is 0 Å². The van der Waals surface area contributed by atoms with Gasteiger partial charge in [0.1, 0.15) is 0 Å². The quantitative estimate of drug-likeness (QED) is 0.880. The van der Waals surface area contributed by atoms with Crippen LogP contribution >= 0.6 is 0 Å². The molecule has 1 aromatic rings. The van der Waals surface area contributed by atoms with Gasteiger partial charge in [0, 0.05) is 57.1 Å². The third-order valence-electron chi connectivity index (χ3n) is 3.86. The summed E-state index contributed by atoms with van der Waals surface area (Å²) in [6, 6.07) is 0.483. The fourth-order valence-corrected chi connectivity index (χ4v) is 2.87. The van der Waals surface area contributed by atoms with Crippen LogP contribution in [0.4, 0.5) is 0 Å². The first-order valence-corrected chi connectivity index (χ1v) is 7.57. The molecule has 5 heteroatoms. The normalized spacial score (nSPS) is 22.4. The number of aliphatic hydroxyl groups is 1. The maximum absolute atomic E-state index is 9.95. The van der Waals surface area contributed by atoms with E-state index in [9.17, 15) is 5.11 Å². The van der Waals surface area contributed by atoms with E-state index in [1.165, 1.54) is 5.56 Å². The molecule has 1 fully saturated rings. The Morgan fingerprint density at radius 3 is 2.70 bits per heavy atom. The van der Waals surface area contributed by atoms with Crippen LogP contribution < -0.4 is 0 Å². The lowest BCUT2D eigenvalue weighted by Gasteiger charge is -2.42. The Morgan fingerprint density at radius 2 is 2.15 bits per heavy atom. The zero-order valence-electron chi connectivity index (χ0n) is 13.2. The highest BCUT2D eigenvalue weighted by Crippen LogP contribution is 2.15. The highest BCUT2D eigenvalue weighted by Gasteiger charge is 2.27. The molecule has 114 valence electrons. The number of β-amino-alcohol motifs (C(OH)–C–C–N with tert-alkyl or cyclic N) is 1. The Hall–Kier alpha value is -0.910. The van der Waals surface area contributed by atoms with Gasteiger partial charge in [0.15, 0.2) is 0 Å². The molecule has 2 heterocycles. The Labute approximate surface area is 122 Å². The molecule has 5 nitrogen and oxygen atoms in total. The first kappa shape index (κ1) is 15.5. The molecule has 0 aliphatic carbocycles.